The lowest BCUT2D eigenvalue weighted by atomic mass is 9.96. The number of rotatable bonds is 4. The molecule has 1 aliphatic rings. The molecule has 2 N–H and O–H groups in total. The van der Waals surface area contributed by atoms with Gasteiger partial charge in [-0.05, 0) is 39.0 Å². The van der Waals surface area contributed by atoms with Crippen molar-refractivity contribution in [3.63, 3.8) is 0 Å². The first-order valence-corrected chi connectivity index (χ1v) is 7.55. The van der Waals surface area contributed by atoms with Crippen molar-refractivity contribution in [3.05, 3.63) is 29.8 Å². The fourth-order valence-electron chi connectivity index (χ4n) is 2.39. The van der Waals surface area contributed by atoms with Gasteiger partial charge in [-0.3, -0.25) is 9.69 Å². The van der Waals surface area contributed by atoms with Gasteiger partial charge in [0.15, 0.2) is 11.3 Å². The quantitative estimate of drug-likeness (QED) is 0.865. The number of halogens is 3. The Labute approximate surface area is 142 Å². The number of carbonyl (C=O) groups excluding carboxylic acids is 2. The maximum Gasteiger partial charge on any atom is 0.416 e. The molecule has 6 nitrogen and oxygen atoms in total. The van der Waals surface area contributed by atoms with E-state index in [0.717, 1.165) is 17.0 Å². The van der Waals surface area contributed by atoms with Crippen LogP contribution in [0.5, 0.6) is 0 Å². The molecule has 9 heteroatoms. The third kappa shape index (κ3) is 3.87. The van der Waals surface area contributed by atoms with Crippen LogP contribution in [0.25, 0.3) is 0 Å². The Kier molecular flexibility index (Phi) is 4.73. The molecule has 0 unspecified atom stereocenters. The highest BCUT2D eigenvalue weighted by Crippen LogP contribution is 2.37. The second-order valence-electron chi connectivity index (χ2n) is 6.43. The minimum atomic E-state index is -4.51. The molecule has 1 fully saturated rings. The van der Waals surface area contributed by atoms with Crippen molar-refractivity contribution < 1.29 is 32.6 Å². The fraction of sp³-hybridized carbons (Fsp3) is 0.500. The Balaban J connectivity index is 1.99. The number of nitrogens with one attached hydrogen (secondary N) is 1. The van der Waals surface area contributed by atoms with Gasteiger partial charge >= 0.3 is 12.3 Å². The highest BCUT2D eigenvalue weighted by molar-refractivity contribution is 5.91. The fourth-order valence-corrected chi connectivity index (χ4v) is 2.39. The van der Waals surface area contributed by atoms with E-state index in [-0.39, 0.29) is 18.7 Å². The van der Waals surface area contributed by atoms with E-state index in [0.29, 0.717) is 0 Å². The Morgan fingerprint density at radius 3 is 2.48 bits per heavy atom. The number of nitrogens with zero attached hydrogens (tertiary/aromatic N) is 1. The largest absolute Gasteiger partial charge is 0.438 e. The molecule has 2 amide bonds. The molecule has 1 saturated heterocycles. The molecule has 25 heavy (non-hydrogen) atoms. The summed E-state index contributed by atoms with van der Waals surface area (Å²) in [6.07, 6.45) is -5.48. The van der Waals surface area contributed by atoms with Crippen LogP contribution in [0.3, 0.4) is 0 Å². The van der Waals surface area contributed by atoms with Crippen molar-refractivity contribution in [2.45, 2.75) is 44.7 Å². The summed E-state index contributed by atoms with van der Waals surface area (Å²) in [5.41, 5.74) is -3.64. The Morgan fingerprint density at radius 2 is 1.96 bits per heavy atom. The summed E-state index contributed by atoms with van der Waals surface area (Å²) in [5, 5.41) is 12.7. The van der Waals surface area contributed by atoms with E-state index >= 15 is 0 Å². The molecule has 1 heterocycles. The van der Waals surface area contributed by atoms with Crippen LogP contribution < -0.4 is 5.32 Å². The first-order chi connectivity index (χ1) is 11.3. The first-order valence-electron chi connectivity index (χ1n) is 7.55. The lowest BCUT2D eigenvalue weighted by Gasteiger charge is -2.34. The van der Waals surface area contributed by atoms with Gasteiger partial charge in [0.25, 0.3) is 0 Å². The molecule has 0 spiro atoms. The third-order valence-electron chi connectivity index (χ3n) is 4.27. The van der Waals surface area contributed by atoms with Crippen molar-refractivity contribution in [3.8, 4) is 0 Å². The standard InChI is InChI=1S/C16H19F3N2O4/c1-14(2)15(3,24)21(13(23)25-14)8-7-12(22)20-11-6-4-5-10(9-11)16(17,18)19/h4-6,9,24H,7-8H2,1-3H3,(H,20,22)/t15-/m1/s1. The van der Waals surface area contributed by atoms with Crippen LogP contribution in [-0.2, 0) is 15.7 Å². The first kappa shape index (κ1) is 19.0. The number of hydrogen-bond donors (Lipinski definition) is 2. The van der Waals surface area contributed by atoms with Crippen LogP contribution in [0.2, 0.25) is 0 Å². The molecule has 0 aliphatic carbocycles. The van der Waals surface area contributed by atoms with E-state index in [2.05, 4.69) is 5.32 Å². The molecule has 138 valence electrons. The molecule has 1 aromatic rings. The van der Waals surface area contributed by atoms with Crippen LogP contribution in [-0.4, -0.2) is 39.9 Å². The average molecular weight is 360 g/mol. The van der Waals surface area contributed by atoms with Crippen molar-refractivity contribution in [1.29, 1.82) is 0 Å². The van der Waals surface area contributed by atoms with Gasteiger partial charge in [-0.2, -0.15) is 13.2 Å². The van der Waals surface area contributed by atoms with Gasteiger partial charge in [0.1, 0.15) is 0 Å². The van der Waals surface area contributed by atoms with Gasteiger partial charge < -0.3 is 15.2 Å². The number of anilines is 1. The van der Waals surface area contributed by atoms with Gasteiger partial charge in [-0.15, -0.1) is 0 Å². The van der Waals surface area contributed by atoms with Crippen molar-refractivity contribution in [1.82, 2.24) is 4.90 Å². The predicted octanol–water partition coefficient (Wildman–Crippen LogP) is 2.97. The molecule has 1 aromatic carbocycles. The summed E-state index contributed by atoms with van der Waals surface area (Å²) in [6.45, 7) is 4.32. The van der Waals surface area contributed by atoms with Crippen molar-refractivity contribution in [2.24, 2.45) is 0 Å². The van der Waals surface area contributed by atoms with E-state index in [1.165, 1.54) is 32.9 Å². The van der Waals surface area contributed by atoms with Gasteiger partial charge in [0, 0.05) is 18.7 Å². The zero-order chi connectivity index (χ0) is 19.0. The summed E-state index contributed by atoms with van der Waals surface area (Å²) in [4.78, 5) is 24.8. The third-order valence-corrected chi connectivity index (χ3v) is 4.27. The number of ether oxygens (including phenoxy) is 1. The second kappa shape index (κ2) is 6.21. The second-order valence-corrected chi connectivity index (χ2v) is 6.43. The lowest BCUT2D eigenvalue weighted by Crippen LogP contribution is -2.54. The number of aliphatic hydroxyl groups is 1. The molecule has 2 rings (SSSR count). The van der Waals surface area contributed by atoms with Crippen LogP contribution >= 0.6 is 0 Å². The smallest absolute Gasteiger partial charge is 0.416 e. The van der Waals surface area contributed by atoms with Crippen LogP contribution in [0.4, 0.5) is 23.7 Å². The highest BCUT2D eigenvalue weighted by Gasteiger charge is 2.56. The topological polar surface area (TPSA) is 78.9 Å². The van der Waals surface area contributed by atoms with Crippen molar-refractivity contribution >= 4 is 17.7 Å². The van der Waals surface area contributed by atoms with Gasteiger partial charge in [-0.1, -0.05) is 6.07 Å². The zero-order valence-corrected chi connectivity index (χ0v) is 14.0. The number of benzene rings is 1. The maximum atomic E-state index is 12.7. The lowest BCUT2D eigenvalue weighted by molar-refractivity contribution is -0.137. The monoisotopic (exact) mass is 360 g/mol. The molecule has 1 aliphatic heterocycles. The molecule has 1 atom stereocenters. The average Bonchev–Trinajstić information content (AvgIpc) is 2.60. The zero-order valence-electron chi connectivity index (χ0n) is 14.0. The minimum Gasteiger partial charge on any atom is -0.438 e. The Hall–Kier alpha value is -2.29. The summed E-state index contributed by atoms with van der Waals surface area (Å²) < 4.78 is 43.0. The molecular weight excluding hydrogens is 341 g/mol. The van der Waals surface area contributed by atoms with E-state index in [1.807, 2.05) is 0 Å². The Bertz CT molecular complexity index is 686. The SMILES string of the molecule is CC1(C)OC(=O)N(CCC(=O)Nc2cccc(C(F)(F)F)c2)[C@]1(C)O. The predicted molar refractivity (Wildman–Crippen MR) is 82.6 cm³/mol. The van der Waals surface area contributed by atoms with Crippen LogP contribution in [0.15, 0.2) is 24.3 Å². The van der Waals surface area contributed by atoms with Gasteiger partial charge in [-0.25, -0.2) is 4.79 Å². The molecule has 0 saturated carbocycles. The molecular formula is C16H19F3N2O4. The molecule has 0 radical (unpaired) electrons. The maximum absolute atomic E-state index is 12.7. The number of hydrogen-bond acceptors (Lipinski definition) is 4. The van der Waals surface area contributed by atoms with Gasteiger partial charge in [0.05, 0.1) is 5.56 Å². The molecule has 0 aromatic heterocycles. The number of cyclic esters (lactones) is 1. The van der Waals surface area contributed by atoms with Gasteiger partial charge in [0.2, 0.25) is 5.91 Å². The van der Waals surface area contributed by atoms with E-state index in [4.69, 9.17) is 4.74 Å². The van der Waals surface area contributed by atoms with Crippen LogP contribution in [0, 0.1) is 0 Å². The minimum absolute atomic E-state index is 0.00378. The Morgan fingerprint density at radius 1 is 1.32 bits per heavy atom. The number of carbonyl (C=O) groups is 2. The summed E-state index contributed by atoms with van der Waals surface area (Å²) in [6, 6.07) is 4.23. The number of alkyl halides is 3. The van der Waals surface area contributed by atoms with E-state index < -0.39 is 35.1 Å². The van der Waals surface area contributed by atoms with E-state index in [9.17, 15) is 27.9 Å². The van der Waals surface area contributed by atoms with Crippen molar-refractivity contribution in [2.75, 3.05) is 11.9 Å². The summed E-state index contributed by atoms with van der Waals surface area (Å²) in [5.74, 6) is -0.590. The summed E-state index contributed by atoms with van der Waals surface area (Å²) in [7, 11) is 0. The van der Waals surface area contributed by atoms with Crippen LogP contribution in [0.1, 0.15) is 32.8 Å². The van der Waals surface area contributed by atoms with E-state index in [1.54, 1.807) is 0 Å². The highest BCUT2D eigenvalue weighted by atomic mass is 19.4. The summed E-state index contributed by atoms with van der Waals surface area (Å²) >= 11 is 0. The normalized spacial score (nSPS) is 22.7. The molecule has 0 bridgehead atoms. The number of amides is 2.